The Balaban J connectivity index is 0.000000858. The predicted octanol–water partition coefficient (Wildman–Crippen LogP) is 5.04. The van der Waals surface area contributed by atoms with Crippen molar-refractivity contribution in [3.63, 3.8) is 0 Å². The fourth-order valence-corrected chi connectivity index (χ4v) is 4.36. The number of hydrogen-bond acceptors (Lipinski definition) is 4. The zero-order chi connectivity index (χ0) is 22.4. The summed E-state index contributed by atoms with van der Waals surface area (Å²) in [5, 5.41) is 1.16. The molecule has 31 heavy (non-hydrogen) atoms. The Labute approximate surface area is 185 Å². The summed E-state index contributed by atoms with van der Waals surface area (Å²) in [6.07, 6.45) is 8.81. The van der Waals surface area contributed by atoms with Crippen LogP contribution < -0.4 is 17.2 Å². The number of imidazole rings is 1. The third-order valence-corrected chi connectivity index (χ3v) is 5.87. The molecular weight excluding hydrogens is 384 g/mol. The summed E-state index contributed by atoms with van der Waals surface area (Å²) in [6, 6.07) is 10.4. The number of H-pyrrole nitrogens is 1. The minimum atomic E-state index is 0.357. The number of nitrogens with one attached hydrogen (secondary N) is 1. The molecule has 2 aromatic heterocycles. The van der Waals surface area contributed by atoms with Gasteiger partial charge in [-0.05, 0) is 43.7 Å². The molecule has 0 radical (unpaired) electrons. The van der Waals surface area contributed by atoms with E-state index >= 15 is 0 Å². The lowest BCUT2D eigenvalue weighted by molar-refractivity contribution is 0.351. The van der Waals surface area contributed by atoms with Crippen LogP contribution in [0.3, 0.4) is 0 Å². The summed E-state index contributed by atoms with van der Waals surface area (Å²) in [7, 11) is 0. The quantitative estimate of drug-likeness (QED) is 0.463. The second-order valence-electron chi connectivity index (χ2n) is 8.28. The normalized spacial score (nSPS) is 18.8. The number of allylic oxidation sites excluding steroid dienone is 1. The van der Waals surface area contributed by atoms with Gasteiger partial charge < -0.3 is 26.8 Å². The fourth-order valence-electron chi connectivity index (χ4n) is 4.36. The van der Waals surface area contributed by atoms with Crippen LogP contribution in [0.2, 0.25) is 0 Å². The Bertz CT molecular complexity index is 1000. The van der Waals surface area contributed by atoms with E-state index in [-0.39, 0.29) is 0 Å². The van der Waals surface area contributed by atoms with Crippen molar-refractivity contribution in [2.75, 3.05) is 0 Å². The van der Waals surface area contributed by atoms with Gasteiger partial charge in [0.1, 0.15) is 11.5 Å². The number of para-hydroxylation sites is 1. The van der Waals surface area contributed by atoms with Crippen molar-refractivity contribution in [1.29, 1.82) is 0 Å². The molecule has 6 nitrogen and oxygen atoms in total. The molecule has 0 saturated heterocycles. The third kappa shape index (κ3) is 4.85. The lowest BCUT2D eigenvalue weighted by Gasteiger charge is -2.28. The molecule has 1 aliphatic rings. The van der Waals surface area contributed by atoms with Crippen molar-refractivity contribution in [1.82, 2.24) is 14.5 Å². The molecule has 2 heterocycles. The summed E-state index contributed by atoms with van der Waals surface area (Å²) < 4.78 is 2.07. The highest BCUT2D eigenvalue weighted by molar-refractivity contribution is 5.85. The highest BCUT2D eigenvalue weighted by atomic mass is 15.1. The van der Waals surface area contributed by atoms with Crippen LogP contribution in [0.25, 0.3) is 28.5 Å². The van der Waals surface area contributed by atoms with Gasteiger partial charge in [0.05, 0.1) is 11.4 Å². The van der Waals surface area contributed by atoms with Crippen LogP contribution in [0.5, 0.6) is 0 Å². The number of aromatic amines is 1. The standard InChI is InChI=1S/C22H28N6.C3H8/c1-14(25)15-6-8-16(9-7-15)22-27-21(20(13-24)28(22)11-10-23)19-12-17-4-2-3-5-18(17)26-19;1-3-2/h2-5,10-12,15-16,26H,1,6-9,13,23-25H2;3H2,1-2H3/b11-10-;. The van der Waals surface area contributed by atoms with Gasteiger partial charge in [-0.2, -0.15) is 0 Å². The first-order valence-corrected chi connectivity index (χ1v) is 11.3. The van der Waals surface area contributed by atoms with Gasteiger partial charge in [-0.1, -0.05) is 45.0 Å². The van der Waals surface area contributed by atoms with E-state index in [2.05, 4.69) is 48.2 Å². The monoisotopic (exact) mass is 420 g/mol. The van der Waals surface area contributed by atoms with Crippen molar-refractivity contribution in [2.24, 2.45) is 23.1 Å². The molecule has 0 amide bonds. The Morgan fingerprint density at radius 1 is 1.23 bits per heavy atom. The van der Waals surface area contributed by atoms with Crippen LogP contribution >= 0.6 is 0 Å². The van der Waals surface area contributed by atoms with E-state index in [0.29, 0.717) is 18.4 Å². The number of aromatic nitrogens is 3. The van der Waals surface area contributed by atoms with E-state index in [1.807, 2.05) is 18.3 Å². The number of nitrogens with zero attached hydrogens (tertiary/aromatic N) is 2. The molecule has 7 N–H and O–H groups in total. The van der Waals surface area contributed by atoms with Crippen LogP contribution in [0.1, 0.15) is 63.4 Å². The van der Waals surface area contributed by atoms with Gasteiger partial charge >= 0.3 is 0 Å². The van der Waals surface area contributed by atoms with Crippen molar-refractivity contribution in [3.05, 3.63) is 60.3 Å². The first-order chi connectivity index (χ1) is 15.0. The minimum absolute atomic E-state index is 0.357. The van der Waals surface area contributed by atoms with Gasteiger partial charge in [-0.15, -0.1) is 0 Å². The van der Waals surface area contributed by atoms with Gasteiger partial charge in [-0.3, -0.25) is 0 Å². The SMILES string of the molecule is C=C(N)C1CCC(c2nc(-c3cc4ccccc4[nH]3)c(CN)n2/C=C\N)CC1.CCC. The van der Waals surface area contributed by atoms with E-state index in [9.17, 15) is 0 Å². The van der Waals surface area contributed by atoms with Crippen molar-refractivity contribution < 1.29 is 0 Å². The molecule has 0 spiro atoms. The van der Waals surface area contributed by atoms with Crippen molar-refractivity contribution in [2.45, 2.75) is 58.4 Å². The molecule has 0 atom stereocenters. The summed E-state index contributed by atoms with van der Waals surface area (Å²) in [5.74, 6) is 1.79. The molecule has 3 aromatic rings. The molecule has 4 rings (SSSR count). The van der Waals surface area contributed by atoms with Crippen molar-refractivity contribution in [3.8, 4) is 11.4 Å². The van der Waals surface area contributed by atoms with Gasteiger partial charge in [0.25, 0.3) is 0 Å². The molecule has 0 bridgehead atoms. The number of rotatable bonds is 5. The average molecular weight is 421 g/mol. The second kappa shape index (κ2) is 10.4. The number of benzene rings is 1. The number of nitrogens with two attached hydrogens (primary N) is 3. The first kappa shape index (κ1) is 22.7. The van der Waals surface area contributed by atoms with Crippen LogP contribution in [-0.4, -0.2) is 14.5 Å². The van der Waals surface area contributed by atoms with E-state index in [4.69, 9.17) is 22.2 Å². The van der Waals surface area contributed by atoms with Gasteiger partial charge in [-0.25, -0.2) is 4.98 Å². The zero-order valence-corrected chi connectivity index (χ0v) is 18.8. The Morgan fingerprint density at radius 3 is 2.48 bits per heavy atom. The lowest BCUT2D eigenvalue weighted by atomic mass is 9.80. The summed E-state index contributed by atoms with van der Waals surface area (Å²) in [5.41, 5.74) is 22.6. The molecule has 1 fully saturated rings. The van der Waals surface area contributed by atoms with E-state index in [1.165, 1.54) is 6.42 Å². The van der Waals surface area contributed by atoms with E-state index in [0.717, 1.165) is 65.2 Å². The highest BCUT2D eigenvalue weighted by Gasteiger charge is 2.28. The Hall–Kier alpha value is -2.99. The Morgan fingerprint density at radius 2 is 1.90 bits per heavy atom. The van der Waals surface area contributed by atoms with E-state index in [1.54, 1.807) is 6.20 Å². The molecule has 1 saturated carbocycles. The lowest BCUT2D eigenvalue weighted by Crippen LogP contribution is -2.20. The number of fused-ring (bicyclic) bond motifs is 1. The smallest absolute Gasteiger partial charge is 0.117 e. The maximum Gasteiger partial charge on any atom is 0.117 e. The topological polar surface area (TPSA) is 112 Å². The van der Waals surface area contributed by atoms with Crippen LogP contribution in [0, 0.1) is 5.92 Å². The van der Waals surface area contributed by atoms with Gasteiger partial charge in [0, 0.05) is 41.5 Å². The van der Waals surface area contributed by atoms with Crippen LogP contribution in [0.4, 0.5) is 0 Å². The molecule has 166 valence electrons. The Kier molecular flexibility index (Phi) is 7.58. The molecule has 0 aliphatic heterocycles. The largest absolute Gasteiger partial charge is 0.403 e. The average Bonchev–Trinajstić information content (AvgIpc) is 3.36. The molecule has 0 unspecified atom stereocenters. The maximum atomic E-state index is 6.14. The maximum absolute atomic E-state index is 6.14. The van der Waals surface area contributed by atoms with Crippen molar-refractivity contribution >= 4 is 17.1 Å². The van der Waals surface area contributed by atoms with Crippen LogP contribution in [-0.2, 0) is 6.54 Å². The molecule has 6 heteroatoms. The molecular formula is C25H36N6. The predicted molar refractivity (Wildman–Crippen MR) is 131 cm³/mol. The third-order valence-electron chi connectivity index (χ3n) is 5.87. The summed E-state index contributed by atoms with van der Waals surface area (Å²) in [4.78, 5) is 8.53. The first-order valence-electron chi connectivity index (χ1n) is 11.3. The van der Waals surface area contributed by atoms with Crippen LogP contribution in [0.15, 0.2) is 48.8 Å². The summed E-state index contributed by atoms with van der Waals surface area (Å²) >= 11 is 0. The minimum Gasteiger partial charge on any atom is -0.403 e. The van der Waals surface area contributed by atoms with Gasteiger partial charge in [0.15, 0.2) is 0 Å². The van der Waals surface area contributed by atoms with E-state index < -0.39 is 0 Å². The second-order valence-corrected chi connectivity index (χ2v) is 8.28. The fraction of sp³-hybridized carbons (Fsp3) is 0.400. The summed E-state index contributed by atoms with van der Waals surface area (Å²) in [6.45, 7) is 8.56. The molecule has 1 aliphatic carbocycles. The number of hydrogen-bond donors (Lipinski definition) is 4. The van der Waals surface area contributed by atoms with Gasteiger partial charge in [0.2, 0.25) is 0 Å². The molecule has 1 aromatic carbocycles. The zero-order valence-electron chi connectivity index (χ0n) is 18.8. The highest BCUT2D eigenvalue weighted by Crippen LogP contribution is 2.39.